The number of benzene rings is 2. The van der Waals surface area contributed by atoms with Gasteiger partial charge in [0.2, 0.25) is 0 Å². The molecule has 8 nitrogen and oxygen atoms in total. The van der Waals surface area contributed by atoms with Crippen LogP contribution < -0.4 is 9.47 Å². The fraction of sp³-hybridized carbons (Fsp3) is 0.444. The molecule has 0 saturated carbocycles. The molecule has 1 fully saturated rings. The first-order valence-electron chi connectivity index (χ1n) is 12.2. The maximum atomic E-state index is 13.7. The lowest BCUT2D eigenvalue weighted by Gasteiger charge is -2.34. The third-order valence-electron chi connectivity index (χ3n) is 6.65. The molecule has 36 heavy (non-hydrogen) atoms. The molecule has 1 saturated heterocycles. The minimum Gasteiger partial charge on any atom is -0.497 e. The number of ether oxygens (including phenoxy) is 3. The highest BCUT2D eigenvalue weighted by molar-refractivity contribution is 6.03. The van der Waals surface area contributed by atoms with Gasteiger partial charge in [-0.3, -0.25) is 14.5 Å². The van der Waals surface area contributed by atoms with Crippen molar-refractivity contribution in [2.24, 2.45) is 5.10 Å². The monoisotopic (exact) mass is 497 g/mol. The number of hydrazone groups is 1. The van der Waals surface area contributed by atoms with Crippen LogP contribution in [0, 0.1) is 5.82 Å². The second kappa shape index (κ2) is 11.5. The van der Waals surface area contributed by atoms with E-state index in [2.05, 4.69) is 5.10 Å². The van der Waals surface area contributed by atoms with Gasteiger partial charge in [-0.1, -0.05) is 18.6 Å². The number of carbonyl (C=O) groups is 2. The summed E-state index contributed by atoms with van der Waals surface area (Å²) >= 11 is 0. The standard InChI is InChI=1S/C27H32FN3O5/c1-4-36-27(33)23-7-5-6-14-30(23)17-26(32)31-24(21-13-12-20(34-2)15-25(21)35-3)16-22(29-31)18-8-10-19(28)11-9-18/h8-13,15,23-24H,4-7,14,16-17H2,1-3H3. The van der Waals surface area contributed by atoms with Crippen molar-refractivity contribution in [1.29, 1.82) is 0 Å². The van der Waals surface area contributed by atoms with Crippen LogP contribution in [0.2, 0.25) is 0 Å². The molecule has 0 spiro atoms. The van der Waals surface area contributed by atoms with Crippen LogP contribution in [0.15, 0.2) is 47.6 Å². The third-order valence-corrected chi connectivity index (χ3v) is 6.65. The van der Waals surface area contributed by atoms with Gasteiger partial charge in [-0.25, -0.2) is 9.40 Å². The highest BCUT2D eigenvalue weighted by Gasteiger charge is 2.38. The number of halogens is 1. The van der Waals surface area contributed by atoms with Crippen molar-refractivity contribution in [2.45, 2.75) is 44.7 Å². The summed E-state index contributed by atoms with van der Waals surface area (Å²) in [6.07, 6.45) is 2.91. The highest BCUT2D eigenvalue weighted by Crippen LogP contribution is 2.39. The van der Waals surface area contributed by atoms with Crippen LogP contribution in [0.25, 0.3) is 0 Å². The molecule has 0 radical (unpaired) electrons. The van der Waals surface area contributed by atoms with Crippen molar-refractivity contribution in [3.63, 3.8) is 0 Å². The second-order valence-electron chi connectivity index (χ2n) is 8.85. The average molecular weight is 498 g/mol. The molecule has 2 aliphatic heterocycles. The number of amides is 1. The van der Waals surface area contributed by atoms with E-state index in [0.717, 1.165) is 24.0 Å². The lowest BCUT2D eigenvalue weighted by molar-refractivity contribution is -0.152. The lowest BCUT2D eigenvalue weighted by Crippen LogP contribution is -2.49. The zero-order valence-corrected chi connectivity index (χ0v) is 20.9. The van der Waals surface area contributed by atoms with Crippen LogP contribution in [0.1, 0.15) is 49.8 Å². The maximum absolute atomic E-state index is 13.7. The summed E-state index contributed by atoms with van der Waals surface area (Å²) in [6.45, 7) is 2.75. The van der Waals surface area contributed by atoms with Crippen molar-refractivity contribution < 1.29 is 28.2 Å². The van der Waals surface area contributed by atoms with Crippen molar-refractivity contribution in [1.82, 2.24) is 9.91 Å². The Morgan fingerprint density at radius 3 is 2.56 bits per heavy atom. The summed E-state index contributed by atoms with van der Waals surface area (Å²) < 4.78 is 29.7. The van der Waals surface area contributed by atoms with Crippen LogP contribution in [0.5, 0.6) is 11.5 Å². The number of rotatable bonds is 8. The Bertz CT molecular complexity index is 1120. The maximum Gasteiger partial charge on any atom is 0.323 e. The predicted molar refractivity (Wildman–Crippen MR) is 133 cm³/mol. The smallest absolute Gasteiger partial charge is 0.323 e. The van der Waals surface area contributed by atoms with Crippen LogP contribution in [0.3, 0.4) is 0 Å². The number of esters is 1. The number of hydrogen-bond donors (Lipinski definition) is 0. The molecule has 2 aromatic carbocycles. The van der Waals surface area contributed by atoms with E-state index in [1.807, 2.05) is 17.0 Å². The highest BCUT2D eigenvalue weighted by atomic mass is 19.1. The van der Waals surface area contributed by atoms with Crippen molar-refractivity contribution in [3.8, 4) is 11.5 Å². The van der Waals surface area contributed by atoms with Gasteiger partial charge >= 0.3 is 5.97 Å². The Morgan fingerprint density at radius 1 is 1.08 bits per heavy atom. The van der Waals surface area contributed by atoms with Crippen LogP contribution >= 0.6 is 0 Å². The van der Waals surface area contributed by atoms with Gasteiger partial charge in [0.1, 0.15) is 23.4 Å². The van der Waals surface area contributed by atoms with E-state index in [9.17, 15) is 14.0 Å². The minimum atomic E-state index is -0.445. The van der Waals surface area contributed by atoms with Gasteiger partial charge in [-0.2, -0.15) is 5.10 Å². The van der Waals surface area contributed by atoms with Gasteiger partial charge < -0.3 is 14.2 Å². The number of likely N-dealkylation sites (tertiary alicyclic amines) is 1. The van der Waals surface area contributed by atoms with Crippen LogP contribution in [-0.4, -0.2) is 67.5 Å². The molecule has 2 unspecified atom stereocenters. The van der Waals surface area contributed by atoms with E-state index in [4.69, 9.17) is 14.2 Å². The Balaban J connectivity index is 1.64. The lowest BCUT2D eigenvalue weighted by atomic mass is 9.97. The number of piperidine rings is 1. The first-order valence-corrected chi connectivity index (χ1v) is 12.2. The summed E-state index contributed by atoms with van der Waals surface area (Å²) in [6, 6.07) is 10.7. The predicted octanol–water partition coefficient (Wildman–Crippen LogP) is 3.94. The Labute approximate surface area is 210 Å². The molecular formula is C27H32FN3O5. The van der Waals surface area contributed by atoms with Gasteiger partial charge in [0.05, 0.1) is 39.1 Å². The van der Waals surface area contributed by atoms with E-state index in [-0.39, 0.29) is 24.2 Å². The second-order valence-corrected chi connectivity index (χ2v) is 8.85. The topological polar surface area (TPSA) is 80.7 Å². The van der Waals surface area contributed by atoms with E-state index in [0.29, 0.717) is 43.2 Å². The van der Waals surface area contributed by atoms with E-state index >= 15 is 0 Å². The van der Waals surface area contributed by atoms with Crippen LogP contribution in [0.4, 0.5) is 4.39 Å². The van der Waals surface area contributed by atoms with Gasteiger partial charge in [-0.15, -0.1) is 0 Å². The first-order chi connectivity index (χ1) is 17.4. The van der Waals surface area contributed by atoms with E-state index in [1.54, 1.807) is 39.3 Å². The first kappa shape index (κ1) is 25.6. The third kappa shape index (κ3) is 5.51. The number of carbonyl (C=O) groups excluding carboxylic acids is 2. The van der Waals surface area contributed by atoms with Gasteiger partial charge in [0, 0.05) is 18.1 Å². The van der Waals surface area contributed by atoms with Gasteiger partial charge in [-0.05, 0) is 56.1 Å². The Hall–Kier alpha value is -3.46. The van der Waals surface area contributed by atoms with Crippen molar-refractivity contribution >= 4 is 17.6 Å². The molecule has 2 aromatic rings. The molecule has 0 N–H and O–H groups in total. The number of nitrogens with zero attached hydrogens (tertiary/aromatic N) is 3. The molecule has 0 aromatic heterocycles. The molecule has 2 aliphatic rings. The van der Waals surface area contributed by atoms with Gasteiger partial charge in [0.15, 0.2) is 0 Å². The zero-order valence-electron chi connectivity index (χ0n) is 20.9. The summed E-state index contributed by atoms with van der Waals surface area (Å²) in [7, 11) is 3.15. The minimum absolute atomic E-state index is 0.0403. The fourth-order valence-corrected chi connectivity index (χ4v) is 4.82. The normalized spacial score (nSPS) is 20.1. The van der Waals surface area contributed by atoms with Crippen molar-refractivity contribution in [2.75, 3.05) is 33.9 Å². The molecule has 2 heterocycles. The molecule has 0 bridgehead atoms. The molecule has 1 amide bonds. The SMILES string of the molecule is CCOC(=O)C1CCCCN1CC(=O)N1N=C(c2ccc(F)cc2)CC1c1ccc(OC)cc1OC. The molecule has 0 aliphatic carbocycles. The van der Waals surface area contributed by atoms with Crippen molar-refractivity contribution in [3.05, 3.63) is 59.4 Å². The van der Waals surface area contributed by atoms with Gasteiger partial charge in [0.25, 0.3) is 5.91 Å². The molecule has 9 heteroatoms. The summed E-state index contributed by atoms with van der Waals surface area (Å²) in [4.78, 5) is 28.1. The molecular weight excluding hydrogens is 465 g/mol. The quantitative estimate of drug-likeness (QED) is 0.514. The Kier molecular flexibility index (Phi) is 8.20. The summed E-state index contributed by atoms with van der Waals surface area (Å²) in [5.41, 5.74) is 2.20. The molecule has 2 atom stereocenters. The zero-order chi connectivity index (χ0) is 25.7. The number of hydrogen-bond acceptors (Lipinski definition) is 7. The Morgan fingerprint density at radius 2 is 1.86 bits per heavy atom. The average Bonchev–Trinajstić information content (AvgIpc) is 3.34. The summed E-state index contributed by atoms with van der Waals surface area (Å²) in [5.74, 6) is 0.349. The van der Waals surface area contributed by atoms with Crippen LogP contribution in [-0.2, 0) is 14.3 Å². The van der Waals surface area contributed by atoms with E-state index in [1.165, 1.54) is 17.1 Å². The molecule has 192 valence electrons. The molecule has 4 rings (SSSR count). The fourth-order valence-electron chi connectivity index (χ4n) is 4.82. The largest absolute Gasteiger partial charge is 0.497 e. The summed E-state index contributed by atoms with van der Waals surface area (Å²) in [5, 5.41) is 6.16. The number of methoxy groups -OCH3 is 2. The van der Waals surface area contributed by atoms with E-state index < -0.39 is 12.1 Å².